The van der Waals surface area contributed by atoms with Gasteiger partial charge in [-0.1, -0.05) is 39.8 Å². The van der Waals surface area contributed by atoms with Gasteiger partial charge in [-0.25, -0.2) is 0 Å². The van der Waals surface area contributed by atoms with Crippen LogP contribution in [0.2, 0.25) is 0 Å². The minimum atomic E-state index is 0.218. The van der Waals surface area contributed by atoms with E-state index in [1.807, 2.05) is 4.90 Å². The normalized spacial score (nSPS) is 19.8. The van der Waals surface area contributed by atoms with Crippen LogP contribution in [0.25, 0.3) is 0 Å². The topological polar surface area (TPSA) is 32.3 Å². The molecule has 0 radical (unpaired) electrons. The van der Waals surface area contributed by atoms with Crippen LogP contribution in [0.3, 0.4) is 0 Å². The first-order chi connectivity index (χ1) is 8.97. The molecular weight excluding hydrogens is 236 g/mol. The van der Waals surface area contributed by atoms with Crippen molar-refractivity contribution in [3.8, 4) is 0 Å². The van der Waals surface area contributed by atoms with Crippen molar-refractivity contribution < 1.29 is 4.79 Å². The first kappa shape index (κ1) is 14.1. The lowest BCUT2D eigenvalue weighted by atomic mass is 10.0. The second-order valence-electron chi connectivity index (χ2n) is 5.97. The summed E-state index contributed by atoms with van der Waals surface area (Å²) in [6.45, 7) is 9.37. The fourth-order valence-electron chi connectivity index (χ4n) is 2.58. The molecule has 1 amide bonds. The van der Waals surface area contributed by atoms with E-state index in [1.165, 1.54) is 5.56 Å². The Morgan fingerprint density at radius 1 is 1.16 bits per heavy atom. The van der Waals surface area contributed by atoms with Gasteiger partial charge in [0.1, 0.15) is 0 Å². The van der Waals surface area contributed by atoms with Crippen molar-refractivity contribution in [2.24, 2.45) is 0 Å². The molecule has 1 atom stereocenters. The molecule has 3 heteroatoms. The van der Waals surface area contributed by atoms with Crippen LogP contribution < -0.4 is 10.2 Å². The molecule has 1 aromatic rings. The van der Waals surface area contributed by atoms with Crippen molar-refractivity contribution in [1.29, 1.82) is 0 Å². The van der Waals surface area contributed by atoms with Crippen LogP contribution in [0.15, 0.2) is 24.3 Å². The zero-order chi connectivity index (χ0) is 14.0. The number of benzene rings is 1. The fraction of sp³-hybridized carbons (Fsp3) is 0.562. The maximum Gasteiger partial charge on any atom is 0.228 e. The van der Waals surface area contributed by atoms with Crippen LogP contribution >= 0.6 is 0 Å². The lowest BCUT2D eigenvalue weighted by molar-refractivity contribution is -0.117. The predicted octanol–water partition coefficient (Wildman–Crippen LogP) is 2.91. The van der Waals surface area contributed by atoms with E-state index in [1.54, 1.807) is 0 Å². The second-order valence-corrected chi connectivity index (χ2v) is 5.97. The van der Waals surface area contributed by atoms with E-state index < -0.39 is 0 Å². The van der Waals surface area contributed by atoms with E-state index >= 15 is 0 Å². The smallest absolute Gasteiger partial charge is 0.228 e. The zero-order valence-corrected chi connectivity index (χ0v) is 12.3. The molecule has 1 heterocycles. The molecule has 1 aliphatic heterocycles. The van der Waals surface area contributed by atoms with E-state index in [4.69, 9.17) is 0 Å². The van der Waals surface area contributed by atoms with Crippen molar-refractivity contribution >= 4 is 11.6 Å². The first-order valence-electron chi connectivity index (χ1n) is 7.13. The van der Waals surface area contributed by atoms with Crippen molar-refractivity contribution in [2.75, 3.05) is 11.4 Å². The van der Waals surface area contributed by atoms with Crippen molar-refractivity contribution in [3.63, 3.8) is 0 Å². The van der Waals surface area contributed by atoms with Gasteiger partial charge in [0, 0.05) is 30.7 Å². The number of nitrogens with zero attached hydrogens (tertiary/aromatic N) is 1. The molecule has 0 spiro atoms. The lowest BCUT2D eigenvalue weighted by Crippen LogP contribution is -2.37. The van der Waals surface area contributed by atoms with Crippen molar-refractivity contribution in [1.82, 2.24) is 5.32 Å². The summed E-state index contributed by atoms with van der Waals surface area (Å²) in [7, 11) is 0. The van der Waals surface area contributed by atoms with Crippen LogP contribution in [-0.4, -0.2) is 24.5 Å². The Bertz CT molecular complexity index is 437. The number of carbonyl (C=O) groups is 1. The predicted molar refractivity (Wildman–Crippen MR) is 79.6 cm³/mol. The Morgan fingerprint density at radius 2 is 1.79 bits per heavy atom. The largest absolute Gasteiger partial charge is 0.311 e. The minimum Gasteiger partial charge on any atom is -0.311 e. The van der Waals surface area contributed by atoms with Crippen LogP contribution in [0.4, 0.5) is 5.69 Å². The average molecular weight is 260 g/mol. The number of anilines is 1. The van der Waals surface area contributed by atoms with E-state index in [0.717, 1.165) is 12.2 Å². The molecule has 1 unspecified atom stereocenters. The van der Waals surface area contributed by atoms with Gasteiger partial charge in [0.15, 0.2) is 0 Å². The Balaban J connectivity index is 2.07. The Kier molecular flexibility index (Phi) is 4.25. The summed E-state index contributed by atoms with van der Waals surface area (Å²) in [5.41, 5.74) is 2.33. The number of amides is 1. The summed E-state index contributed by atoms with van der Waals surface area (Å²) in [5.74, 6) is 0.745. The molecule has 2 rings (SSSR count). The van der Waals surface area contributed by atoms with Gasteiger partial charge in [-0.2, -0.15) is 0 Å². The molecule has 1 aromatic carbocycles. The molecule has 1 saturated heterocycles. The molecule has 1 aliphatic rings. The highest BCUT2D eigenvalue weighted by atomic mass is 16.2. The Hall–Kier alpha value is -1.35. The van der Waals surface area contributed by atoms with Crippen LogP contribution in [0, 0.1) is 0 Å². The summed E-state index contributed by atoms with van der Waals surface area (Å²) in [6.07, 6.45) is 0.601. The molecule has 0 aromatic heterocycles. The number of hydrogen-bond donors (Lipinski definition) is 1. The highest BCUT2D eigenvalue weighted by Gasteiger charge is 2.30. The minimum absolute atomic E-state index is 0.218. The molecule has 104 valence electrons. The summed E-state index contributed by atoms with van der Waals surface area (Å²) in [5, 5.41) is 3.44. The summed E-state index contributed by atoms with van der Waals surface area (Å²) < 4.78 is 0. The summed E-state index contributed by atoms with van der Waals surface area (Å²) in [4.78, 5) is 14.0. The number of carbonyl (C=O) groups excluding carboxylic acids is 1. The van der Waals surface area contributed by atoms with Gasteiger partial charge < -0.3 is 10.2 Å². The van der Waals surface area contributed by atoms with Gasteiger partial charge in [0.05, 0.1) is 0 Å². The molecule has 0 bridgehead atoms. The molecule has 0 aliphatic carbocycles. The van der Waals surface area contributed by atoms with Gasteiger partial charge in [-0.05, 0) is 23.6 Å². The number of hydrogen-bond acceptors (Lipinski definition) is 2. The zero-order valence-electron chi connectivity index (χ0n) is 12.3. The van der Waals surface area contributed by atoms with Gasteiger partial charge in [0.25, 0.3) is 0 Å². The van der Waals surface area contributed by atoms with E-state index in [2.05, 4.69) is 57.3 Å². The standard InChI is InChI=1S/C16H24N2O/c1-11(2)13-5-7-15(8-6-13)18-10-14(9-16(18)19)17-12(3)4/h5-8,11-12,14,17H,9-10H2,1-4H3. The molecule has 1 fully saturated rings. The van der Waals surface area contributed by atoms with Crippen LogP contribution in [0.1, 0.15) is 45.6 Å². The highest BCUT2D eigenvalue weighted by Crippen LogP contribution is 2.24. The lowest BCUT2D eigenvalue weighted by Gasteiger charge is -2.19. The van der Waals surface area contributed by atoms with Crippen LogP contribution in [0.5, 0.6) is 0 Å². The van der Waals surface area contributed by atoms with Crippen molar-refractivity contribution in [2.45, 2.75) is 52.1 Å². The van der Waals surface area contributed by atoms with Gasteiger partial charge in [-0.15, -0.1) is 0 Å². The number of nitrogens with one attached hydrogen (secondary N) is 1. The third-order valence-electron chi connectivity index (χ3n) is 3.57. The van der Waals surface area contributed by atoms with Crippen LogP contribution in [-0.2, 0) is 4.79 Å². The molecule has 0 saturated carbocycles. The molecule has 19 heavy (non-hydrogen) atoms. The maximum atomic E-state index is 12.1. The van der Waals surface area contributed by atoms with E-state index in [0.29, 0.717) is 18.4 Å². The number of rotatable bonds is 4. The highest BCUT2D eigenvalue weighted by molar-refractivity contribution is 5.96. The first-order valence-corrected chi connectivity index (χ1v) is 7.13. The third kappa shape index (κ3) is 3.35. The Morgan fingerprint density at radius 3 is 2.32 bits per heavy atom. The molecular formula is C16H24N2O. The third-order valence-corrected chi connectivity index (χ3v) is 3.57. The average Bonchev–Trinajstić information content (AvgIpc) is 2.69. The summed E-state index contributed by atoms with van der Waals surface area (Å²) >= 11 is 0. The van der Waals surface area contributed by atoms with E-state index in [-0.39, 0.29) is 11.9 Å². The second kappa shape index (κ2) is 5.74. The molecule has 3 nitrogen and oxygen atoms in total. The van der Waals surface area contributed by atoms with Crippen molar-refractivity contribution in [3.05, 3.63) is 29.8 Å². The van der Waals surface area contributed by atoms with Gasteiger partial charge in [0.2, 0.25) is 5.91 Å². The quantitative estimate of drug-likeness (QED) is 0.902. The maximum absolute atomic E-state index is 12.1. The van der Waals surface area contributed by atoms with Gasteiger partial charge in [-0.3, -0.25) is 4.79 Å². The van der Waals surface area contributed by atoms with E-state index in [9.17, 15) is 4.79 Å². The fourth-order valence-corrected chi connectivity index (χ4v) is 2.58. The monoisotopic (exact) mass is 260 g/mol. The Labute approximate surface area is 116 Å². The van der Waals surface area contributed by atoms with Gasteiger partial charge >= 0.3 is 0 Å². The summed E-state index contributed by atoms with van der Waals surface area (Å²) in [6, 6.07) is 9.06. The molecule has 1 N–H and O–H groups in total. The SMILES string of the molecule is CC(C)NC1CC(=O)N(c2ccc(C(C)C)cc2)C1.